The molecular weight excluding hydrogens is 248 g/mol. The zero-order valence-electron chi connectivity index (χ0n) is 10.8. The van der Waals surface area contributed by atoms with Crippen LogP contribution in [0.15, 0.2) is 18.2 Å². The Morgan fingerprint density at radius 1 is 1.63 bits per heavy atom. The van der Waals surface area contributed by atoms with Crippen molar-refractivity contribution < 1.29 is 19.4 Å². The number of phenols is 1. The number of rotatable bonds is 4. The number of aromatic hydroxyl groups is 1. The van der Waals surface area contributed by atoms with Crippen LogP contribution in [0.25, 0.3) is 0 Å². The highest BCUT2D eigenvalue weighted by molar-refractivity contribution is 5.98. The van der Waals surface area contributed by atoms with E-state index in [9.17, 15) is 9.90 Å². The maximum absolute atomic E-state index is 12.0. The second-order valence-corrected chi connectivity index (χ2v) is 4.62. The van der Waals surface area contributed by atoms with E-state index in [-0.39, 0.29) is 22.9 Å². The lowest BCUT2D eigenvalue weighted by Crippen LogP contribution is -2.45. The van der Waals surface area contributed by atoms with Crippen molar-refractivity contribution >= 4 is 11.6 Å². The minimum atomic E-state index is -0.481. The maximum Gasteiger partial charge on any atom is 0.255 e. The third-order valence-electron chi connectivity index (χ3n) is 3.38. The van der Waals surface area contributed by atoms with Gasteiger partial charge in [0.15, 0.2) is 5.75 Å². The Morgan fingerprint density at radius 3 is 3.05 bits per heavy atom. The average Bonchev–Trinajstić information content (AvgIpc) is 2.89. The molecule has 0 bridgehead atoms. The molecule has 1 heterocycles. The normalized spacial score (nSPS) is 22.4. The molecule has 0 saturated carbocycles. The quantitative estimate of drug-likeness (QED) is 0.545. The number of nitrogen functional groups attached to an aromatic ring is 1. The van der Waals surface area contributed by atoms with Gasteiger partial charge in [-0.2, -0.15) is 0 Å². The monoisotopic (exact) mass is 266 g/mol. The molecule has 1 aliphatic rings. The predicted octanol–water partition coefficient (Wildman–Crippen LogP) is 0.510. The van der Waals surface area contributed by atoms with Gasteiger partial charge in [0, 0.05) is 26.7 Å². The first-order valence-electron chi connectivity index (χ1n) is 6.06. The standard InChI is InChI=1S/C13H18N2O4/c1-18-13(5-6-19-8-13)7-15-12(17)9-3-2-4-10(14)11(9)16/h2-4,16H,5-8,14H2,1H3,(H,15,17). The molecular formula is C13H18N2O4. The molecule has 1 aromatic carbocycles. The fraction of sp³-hybridized carbons (Fsp3) is 0.462. The number of benzene rings is 1. The molecule has 0 aliphatic carbocycles. The summed E-state index contributed by atoms with van der Waals surface area (Å²) in [5.41, 5.74) is 5.41. The highest BCUT2D eigenvalue weighted by atomic mass is 16.5. The third-order valence-corrected chi connectivity index (χ3v) is 3.38. The molecule has 1 unspecified atom stereocenters. The number of carbonyl (C=O) groups is 1. The summed E-state index contributed by atoms with van der Waals surface area (Å²) in [7, 11) is 1.60. The third kappa shape index (κ3) is 2.80. The lowest BCUT2D eigenvalue weighted by Gasteiger charge is -2.25. The van der Waals surface area contributed by atoms with Crippen molar-refractivity contribution in [3.63, 3.8) is 0 Å². The molecule has 19 heavy (non-hydrogen) atoms. The average molecular weight is 266 g/mol. The van der Waals surface area contributed by atoms with Gasteiger partial charge in [0.05, 0.1) is 17.9 Å². The van der Waals surface area contributed by atoms with Crippen molar-refractivity contribution in [2.24, 2.45) is 0 Å². The Labute approximate surface area is 111 Å². The molecule has 1 aromatic rings. The summed E-state index contributed by atoms with van der Waals surface area (Å²) >= 11 is 0. The fourth-order valence-corrected chi connectivity index (χ4v) is 2.04. The fourth-order valence-electron chi connectivity index (χ4n) is 2.04. The summed E-state index contributed by atoms with van der Waals surface area (Å²) in [6.07, 6.45) is 0.729. The van der Waals surface area contributed by atoms with E-state index in [0.717, 1.165) is 6.42 Å². The van der Waals surface area contributed by atoms with Gasteiger partial charge in [0.25, 0.3) is 5.91 Å². The summed E-state index contributed by atoms with van der Waals surface area (Å²) in [5, 5.41) is 12.5. The van der Waals surface area contributed by atoms with Gasteiger partial charge < -0.3 is 25.6 Å². The summed E-state index contributed by atoms with van der Waals surface area (Å²) in [6, 6.07) is 4.67. The van der Waals surface area contributed by atoms with E-state index in [4.69, 9.17) is 15.2 Å². The molecule has 0 radical (unpaired) electrons. The number of anilines is 1. The van der Waals surface area contributed by atoms with E-state index < -0.39 is 5.60 Å². The number of nitrogens with one attached hydrogen (secondary N) is 1. The highest BCUT2D eigenvalue weighted by Crippen LogP contribution is 2.25. The molecule has 104 valence electrons. The molecule has 0 aromatic heterocycles. The topological polar surface area (TPSA) is 93.8 Å². The summed E-state index contributed by atoms with van der Waals surface area (Å²) < 4.78 is 10.7. The van der Waals surface area contributed by atoms with Crippen molar-refractivity contribution in [1.82, 2.24) is 5.32 Å². The molecule has 6 nitrogen and oxygen atoms in total. The van der Waals surface area contributed by atoms with Crippen molar-refractivity contribution in [2.75, 3.05) is 32.6 Å². The van der Waals surface area contributed by atoms with E-state index in [1.54, 1.807) is 13.2 Å². The lowest BCUT2D eigenvalue weighted by atomic mass is 10.0. The Kier molecular flexibility index (Phi) is 3.92. The van der Waals surface area contributed by atoms with Crippen LogP contribution in [0.1, 0.15) is 16.8 Å². The van der Waals surface area contributed by atoms with E-state index in [0.29, 0.717) is 19.8 Å². The molecule has 2 rings (SSSR count). The van der Waals surface area contributed by atoms with Crippen LogP contribution in [-0.4, -0.2) is 43.5 Å². The van der Waals surface area contributed by atoms with Crippen LogP contribution in [0.2, 0.25) is 0 Å². The largest absolute Gasteiger partial charge is 0.505 e. The molecule has 1 saturated heterocycles. The summed E-state index contributed by atoms with van der Waals surface area (Å²) in [5.74, 6) is -0.581. The minimum absolute atomic E-state index is 0.158. The maximum atomic E-state index is 12.0. The van der Waals surface area contributed by atoms with Crippen LogP contribution in [0.4, 0.5) is 5.69 Å². The zero-order valence-corrected chi connectivity index (χ0v) is 10.8. The van der Waals surface area contributed by atoms with Gasteiger partial charge in [0.2, 0.25) is 0 Å². The predicted molar refractivity (Wildman–Crippen MR) is 70.0 cm³/mol. The van der Waals surface area contributed by atoms with Crippen molar-refractivity contribution in [2.45, 2.75) is 12.0 Å². The number of phenolic OH excluding ortho intramolecular Hbond substituents is 1. The Morgan fingerprint density at radius 2 is 2.42 bits per heavy atom. The van der Waals surface area contributed by atoms with Gasteiger partial charge in [0.1, 0.15) is 5.60 Å². The van der Waals surface area contributed by atoms with Crippen LogP contribution in [0.5, 0.6) is 5.75 Å². The Hall–Kier alpha value is -1.79. The number of ether oxygens (including phenoxy) is 2. The molecule has 0 spiro atoms. The van der Waals surface area contributed by atoms with Crippen LogP contribution < -0.4 is 11.1 Å². The van der Waals surface area contributed by atoms with Gasteiger partial charge in [-0.3, -0.25) is 4.79 Å². The first-order chi connectivity index (χ1) is 9.08. The van der Waals surface area contributed by atoms with Crippen molar-refractivity contribution in [3.8, 4) is 5.75 Å². The summed E-state index contributed by atoms with van der Waals surface area (Å²) in [6.45, 7) is 1.40. The number of nitrogens with two attached hydrogens (primary N) is 1. The molecule has 1 atom stereocenters. The molecule has 6 heteroatoms. The zero-order chi connectivity index (χ0) is 13.9. The number of amides is 1. The molecule has 4 N–H and O–H groups in total. The van der Waals surface area contributed by atoms with Gasteiger partial charge >= 0.3 is 0 Å². The van der Waals surface area contributed by atoms with Gasteiger partial charge in [-0.25, -0.2) is 0 Å². The van der Waals surface area contributed by atoms with E-state index in [2.05, 4.69) is 5.32 Å². The van der Waals surface area contributed by atoms with Crippen LogP contribution in [0.3, 0.4) is 0 Å². The lowest BCUT2D eigenvalue weighted by molar-refractivity contribution is -0.0148. The van der Waals surface area contributed by atoms with Crippen LogP contribution in [-0.2, 0) is 9.47 Å². The van der Waals surface area contributed by atoms with Crippen LogP contribution >= 0.6 is 0 Å². The number of methoxy groups -OCH3 is 1. The van der Waals surface area contributed by atoms with Gasteiger partial charge in [-0.15, -0.1) is 0 Å². The molecule has 1 aliphatic heterocycles. The SMILES string of the molecule is COC1(CNC(=O)c2cccc(N)c2O)CCOC1. The number of carbonyl (C=O) groups excluding carboxylic acids is 1. The van der Waals surface area contributed by atoms with Crippen LogP contribution in [0, 0.1) is 0 Å². The molecule has 1 amide bonds. The first kappa shape index (κ1) is 13.6. The Balaban J connectivity index is 2.03. The second kappa shape index (κ2) is 5.46. The van der Waals surface area contributed by atoms with Crippen molar-refractivity contribution in [3.05, 3.63) is 23.8 Å². The first-order valence-corrected chi connectivity index (χ1v) is 6.06. The number of para-hydroxylation sites is 1. The molecule has 1 fully saturated rings. The van der Waals surface area contributed by atoms with E-state index >= 15 is 0 Å². The van der Waals surface area contributed by atoms with Gasteiger partial charge in [-0.1, -0.05) is 6.07 Å². The minimum Gasteiger partial charge on any atom is -0.505 e. The van der Waals surface area contributed by atoms with Crippen molar-refractivity contribution in [1.29, 1.82) is 0 Å². The summed E-state index contributed by atoms with van der Waals surface area (Å²) in [4.78, 5) is 12.0. The van der Waals surface area contributed by atoms with E-state index in [1.807, 2.05) is 0 Å². The second-order valence-electron chi connectivity index (χ2n) is 4.62. The Bertz CT molecular complexity index is 470. The highest BCUT2D eigenvalue weighted by Gasteiger charge is 2.35. The number of hydrogen-bond donors (Lipinski definition) is 3. The van der Waals surface area contributed by atoms with Gasteiger partial charge in [-0.05, 0) is 12.1 Å². The van der Waals surface area contributed by atoms with E-state index in [1.165, 1.54) is 12.1 Å². The number of hydrogen-bond acceptors (Lipinski definition) is 5. The smallest absolute Gasteiger partial charge is 0.255 e.